The Morgan fingerprint density at radius 2 is 1.91 bits per heavy atom. The predicted octanol–water partition coefficient (Wildman–Crippen LogP) is 4.55. The molecular weight excluding hydrogens is 294 g/mol. The molecule has 0 amide bonds. The highest BCUT2D eigenvalue weighted by molar-refractivity contribution is 7.98. The molecule has 0 atom stereocenters. The zero-order chi connectivity index (χ0) is 15.4. The molecule has 0 radical (unpaired) electrons. The van der Waals surface area contributed by atoms with E-state index in [1.165, 1.54) is 5.56 Å². The Hall–Kier alpha value is -2.14. The van der Waals surface area contributed by atoms with Crippen LogP contribution in [0.25, 0.3) is 11.4 Å². The van der Waals surface area contributed by atoms with Gasteiger partial charge >= 0.3 is 0 Å². The van der Waals surface area contributed by atoms with Gasteiger partial charge in [0, 0.05) is 11.8 Å². The van der Waals surface area contributed by atoms with E-state index >= 15 is 0 Å². The molecule has 0 N–H and O–H groups in total. The highest BCUT2D eigenvalue weighted by atomic mass is 32.2. The van der Waals surface area contributed by atoms with E-state index in [0.717, 1.165) is 10.6 Å². The van der Waals surface area contributed by atoms with Crippen molar-refractivity contribution in [1.29, 1.82) is 0 Å². The second-order valence-corrected chi connectivity index (χ2v) is 6.24. The van der Waals surface area contributed by atoms with Gasteiger partial charge in [-0.1, -0.05) is 61.1 Å². The van der Waals surface area contributed by atoms with E-state index in [0.29, 0.717) is 23.4 Å². The van der Waals surface area contributed by atoms with Crippen LogP contribution < -0.4 is 0 Å². The fraction of sp³-hybridized carbons (Fsp3) is 0.235. The Labute approximate surface area is 134 Å². The van der Waals surface area contributed by atoms with Crippen molar-refractivity contribution in [2.45, 2.75) is 30.5 Å². The lowest BCUT2D eigenvalue weighted by atomic mass is 10.0. The standard InChI is InChI=1S/C17H17N3OS/c1-12(2)13-6-8-14(9-7-13)17-19-15(21-20-17)11-22-16-5-3-4-10-18-16/h3-10,12H,11H2,1-2H3. The molecule has 0 bridgehead atoms. The van der Waals surface area contributed by atoms with Crippen molar-refractivity contribution in [3.8, 4) is 11.4 Å². The molecule has 0 saturated carbocycles. The number of aromatic nitrogens is 3. The van der Waals surface area contributed by atoms with Crippen LogP contribution in [-0.4, -0.2) is 15.1 Å². The van der Waals surface area contributed by atoms with Crippen LogP contribution >= 0.6 is 11.8 Å². The quantitative estimate of drug-likeness (QED) is 0.647. The molecule has 4 nitrogen and oxygen atoms in total. The highest BCUT2D eigenvalue weighted by Crippen LogP contribution is 2.23. The van der Waals surface area contributed by atoms with Gasteiger partial charge < -0.3 is 4.52 Å². The van der Waals surface area contributed by atoms with E-state index in [1.54, 1.807) is 18.0 Å². The van der Waals surface area contributed by atoms with Gasteiger partial charge in [0.05, 0.1) is 10.8 Å². The summed E-state index contributed by atoms with van der Waals surface area (Å²) in [4.78, 5) is 8.70. The third-order valence-electron chi connectivity index (χ3n) is 3.28. The Balaban J connectivity index is 1.68. The number of hydrogen-bond acceptors (Lipinski definition) is 5. The highest BCUT2D eigenvalue weighted by Gasteiger charge is 2.09. The number of thioether (sulfide) groups is 1. The summed E-state index contributed by atoms with van der Waals surface area (Å²) in [6.07, 6.45) is 1.78. The van der Waals surface area contributed by atoms with Crippen LogP contribution in [0.5, 0.6) is 0 Å². The second kappa shape index (κ2) is 6.75. The summed E-state index contributed by atoms with van der Waals surface area (Å²) < 4.78 is 5.31. The molecule has 0 saturated heterocycles. The summed E-state index contributed by atoms with van der Waals surface area (Å²) in [5.41, 5.74) is 2.28. The number of hydrogen-bond donors (Lipinski definition) is 0. The van der Waals surface area contributed by atoms with E-state index < -0.39 is 0 Å². The van der Waals surface area contributed by atoms with Crippen LogP contribution in [0.4, 0.5) is 0 Å². The topological polar surface area (TPSA) is 51.8 Å². The molecule has 1 aromatic carbocycles. The zero-order valence-corrected chi connectivity index (χ0v) is 13.4. The van der Waals surface area contributed by atoms with Crippen LogP contribution in [0.15, 0.2) is 58.2 Å². The molecule has 22 heavy (non-hydrogen) atoms. The number of benzene rings is 1. The van der Waals surface area contributed by atoms with Crippen molar-refractivity contribution in [2.75, 3.05) is 0 Å². The molecule has 0 aliphatic heterocycles. The minimum absolute atomic E-state index is 0.518. The van der Waals surface area contributed by atoms with E-state index in [9.17, 15) is 0 Å². The van der Waals surface area contributed by atoms with Crippen molar-refractivity contribution in [1.82, 2.24) is 15.1 Å². The van der Waals surface area contributed by atoms with Crippen LogP contribution in [0.2, 0.25) is 0 Å². The summed E-state index contributed by atoms with van der Waals surface area (Å²) in [6, 6.07) is 14.1. The van der Waals surface area contributed by atoms with E-state index in [2.05, 4.69) is 41.1 Å². The SMILES string of the molecule is CC(C)c1ccc(-c2noc(CSc3ccccn3)n2)cc1. The first-order valence-electron chi connectivity index (χ1n) is 7.19. The fourth-order valence-corrected chi connectivity index (χ4v) is 2.71. The summed E-state index contributed by atoms with van der Waals surface area (Å²) in [6.45, 7) is 4.35. The molecule has 2 heterocycles. The van der Waals surface area contributed by atoms with Crippen molar-refractivity contribution in [2.24, 2.45) is 0 Å². The second-order valence-electron chi connectivity index (χ2n) is 5.25. The van der Waals surface area contributed by atoms with E-state index in [1.807, 2.05) is 30.3 Å². The molecule has 3 rings (SSSR count). The zero-order valence-electron chi connectivity index (χ0n) is 12.6. The predicted molar refractivity (Wildman–Crippen MR) is 87.6 cm³/mol. The molecule has 112 valence electrons. The van der Waals surface area contributed by atoms with Gasteiger partial charge in [0.2, 0.25) is 11.7 Å². The first-order chi connectivity index (χ1) is 10.7. The number of rotatable bonds is 5. The maximum Gasteiger partial charge on any atom is 0.237 e. The maximum atomic E-state index is 5.31. The number of nitrogens with zero attached hydrogens (tertiary/aromatic N) is 3. The van der Waals surface area contributed by atoms with Crippen molar-refractivity contribution in [3.05, 3.63) is 60.1 Å². The van der Waals surface area contributed by atoms with Gasteiger partial charge in [-0.15, -0.1) is 0 Å². The smallest absolute Gasteiger partial charge is 0.237 e. The van der Waals surface area contributed by atoms with Gasteiger partial charge in [-0.25, -0.2) is 4.98 Å². The van der Waals surface area contributed by atoms with E-state index in [-0.39, 0.29) is 0 Å². The molecule has 0 aliphatic carbocycles. The van der Waals surface area contributed by atoms with Crippen molar-refractivity contribution < 1.29 is 4.52 Å². The Morgan fingerprint density at radius 1 is 1.09 bits per heavy atom. The van der Waals surface area contributed by atoms with Crippen LogP contribution in [-0.2, 0) is 5.75 Å². The fourth-order valence-electron chi connectivity index (χ4n) is 2.02. The Morgan fingerprint density at radius 3 is 2.59 bits per heavy atom. The summed E-state index contributed by atoms with van der Waals surface area (Å²) in [5.74, 6) is 2.38. The maximum absolute atomic E-state index is 5.31. The third-order valence-corrected chi connectivity index (χ3v) is 4.21. The first kappa shape index (κ1) is 14.8. The number of pyridine rings is 1. The van der Waals surface area contributed by atoms with Crippen molar-refractivity contribution in [3.63, 3.8) is 0 Å². The van der Waals surface area contributed by atoms with Crippen LogP contribution in [0.1, 0.15) is 31.2 Å². The largest absolute Gasteiger partial charge is 0.338 e. The Kier molecular flexibility index (Phi) is 4.53. The molecule has 5 heteroatoms. The summed E-state index contributed by atoms with van der Waals surface area (Å²) in [5, 5.41) is 5.00. The minimum Gasteiger partial charge on any atom is -0.338 e. The minimum atomic E-state index is 0.518. The van der Waals surface area contributed by atoms with E-state index in [4.69, 9.17) is 4.52 Å². The molecule has 0 fully saturated rings. The van der Waals surface area contributed by atoms with Gasteiger partial charge in [0.25, 0.3) is 0 Å². The summed E-state index contributed by atoms with van der Waals surface area (Å²) >= 11 is 1.58. The normalized spacial score (nSPS) is 11.0. The first-order valence-corrected chi connectivity index (χ1v) is 8.17. The van der Waals surface area contributed by atoms with Gasteiger partial charge in [-0.3, -0.25) is 0 Å². The molecule has 0 aliphatic rings. The molecular formula is C17H17N3OS. The van der Waals surface area contributed by atoms with Gasteiger partial charge in [-0.05, 0) is 23.6 Å². The molecule has 3 aromatic rings. The molecule has 2 aromatic heterocycles. The molecule has 0 unspecified atom stereocenters. The third kappa shape index (κ3) is 3.54. The van der Waals surface area contributed by atoms with Crippen LogP contribution in [0, 0.1) is 0 Å². The average molecular weight is 311 g/mol. The molecule has 0 spiro atoms. The Bertz CT molecular complexity index is 723. The van der Waals surface area contributed by atoms with Gasteiger partial charge in [-0.2, -0.15) is 4.98 Å². The lowest BCUT2D eigenvalue weighted by Gasteiger charge is -2.04. The monoisotopic (exact) mass is 311 g/mol. The average Bonchev–Trinajstić information content (AvgIpc) is 3.03. The van der Waals surface area contributed by atoms with Gasteiger partial charge in [0.15, 0.2) is 0 Å². The lowest BCUT2D eigenvalue weighted by Crippen LogP contribution is -1.88. The van der Waals surface area contributed by atoms with Crippen LogP contribution in [0.3, 0.4) is 0 Å². The lowest BCUT2D eigenvalue weighted by molar-refractivity contribution is 0.391. The van der Waals surface area contributed by atoms with Gasteiger partial charge in [0.1, 0.15) is 0 Å². The van der Waals surface area contributed by atoms with Crippen molar-refractivity contribution >= 4 is 11.8 Å². The summed E-state index contributed by atoms with van der Waals surface area (Å²) in [7, 11) is 0.